The third kappa shape index (κ3) is 4.55. The molecule has 0 aliphatic heterocycles. The topological polar surface area (TPSA) is 0 Å². The Bertz CT molecular complexity index is 964. The van der Waals surface area contributed by atoms with Gasteiger partial charge in [-0.25, -0.2) is 13.2 Å². The van der Waals surface area contributed by atoms with Crippen LogP contribution >= 0.6 is 0 Å². The van der Waals surface area contributed by atoms with Gasteiger partial charge < -0.3 is 0 Å². The van der Waals surface area contributed by atoms with Gasteiger partial charge in [0, 0.05) is 17.5 Å². The number of hydrogen-bond donors (Lipinski definition) is 0. The Labute approximate surface area is 158 Å². The first-order chi connectivity index (χ1) is 13.1. The van der Waals surface area contributed by atoms with Crippen molar-refractivity contribution in [3.05, 3.63) is 83.2 Å². The van der Waals surface area contributed by atoms with Crippen molar-refractivity contribution in [2.24, 2.45) is 0 Å². The summed E-state index contributed by atoms with van der Waals surface area (Å²) in [7, 11) is 0. The number of benzene rings is 3. The van der Waals surface area contributed by atoms with E-state index in [-0.39, 0.29) is 11.1 Å². The van der Waals surface area contributed by atoms with E-state index in [1.54, 1.807) is 6.07 Å². The lowest BCUT2D eigenvalue weighted by molar-refractivity contribution is -0.134. The Hall–Kier alpha value is -2.76. The van der Waals surface area contributed by atoms with Crippen LogP contribution in [-0.2, 0) is 6.42 Å². The highest BCUT2D eigenvalue weighted by Gasteiger charge is 2.28. The molecule has 0 aliphatic rings. The molecule has 0 bridgehead atoms. The SMILES string of the molecule is Cc1ccc(-c2ccc(-c3cc(F)c(CCC(F)(F)F)c(F)c3)c(F)c2)cc1. The van der Waals surface area contributed by atoms with E-state index in [2.05, 4.69) is 0 Å². The van der Waals surface area contributed by atoms with Crippen molar-refractivity contribution in [2.45, 2.75) is 25.9 Å². The predicted molar refractivity (Wildman–Crippen MR) is 96.3 cm³/mol. The molecule has 0 saturated heterocycles. The average molecular weight is 394 g/mol. The second-order valence-electron chi connectivity index (χ2n) is 6.59. The number of hydrogen-bond acceptors (Lipinski definition) is 0. The molecule has 0 saturated carbocycles. The Morgan fingerprint density at radius 3 is 1.75 bits per heavy atom. The molecular weight excluding hydrogens is 378 g/mol. The molecule has 0 radical (unpaired) electrons. The molecule has 0 nitrogen and oxygen atoms in total. The largest absolute Gasteiger partial charge is 0.389 e. The molecule has 28 heavy (non-hydrogen) atoms. The summed E-state index contributed by atoms with van der Waals surface area (Å²) in [6, 6.07) is 13.4. The zero-order chi connectivity index (χ0) is 20.5. The lowest BCUT2D eigenvalue weighted by atomic mass is 9.97. The van der Waals surface area contributed by atoms with E-state index < -0.39 is 42.0 Å². The van der Waals surface area contributed by atoms with Gasteiger partial charge in [-0.3, -0.25) is 0 Å². The lowest BCUT2D eigenvalue weighted by Gasteiger charge is -2.11. The first kappa shape index (κ1) is 20.0. The third-order valence-electron chi connectivity index (χ3n) is 4.46. The molecule has 3 rings (SSSR count). The van der Waals surface area contributed by atoms with Crippen molar-refractivity contribution < 1.29 is 26.3 Å². The molecule has 0 N–H and O–H groups in total. The molecule has 0 unspecified atom stereocenters. The summed E-state index contributed by atoms with van der Waals surface area (Å²) < 4.78 is 79.8. The van der Waals surface area contributed by atoms with Gasteiger partial charge in [-0.05, 0) is 48.2 Å². The molecule has 0 aliphatic carbocycles. The number of aryl methyl sites for hydroxylation is 1. The molecular formula is C22H16F6. The van der Waals surface area contributed by atoms with Gasteiger partial charge in [-0.1, -0.05) is 42.0 Å². The van der Waals surface area contributed by atoms with Crippen LogP contribution in [0.1, 0.15) is 17.5 Å². The van der Waals surface area contributed by atoms with Gasteiger partial charge in [0.15, 0.2) is 0 Å². The van der Waals surface area contributed by atoms with E-state index in [0.29, 0.717) is 5.56 Å². The second kappa shape index (κ2) is 7.70. The van der Waals surface area contributed by atoms with E-state index in [1.807, 2.05) is 31.2 Å². The molecule has 3 aromatic rings. The lowest BCUT2D eigenvalue weighted by Crippen LogP contribution is -2.10. The van der Waals surface area contributed by atoms with E-state index in [1.165, 1.54) is 12.1 Å². The highest BCUT2D eigenvalue weighted by molar-refractivity contribution is 5.71. The molecule has 0 atom stereocenters. The van der Waals surface area contributed by atoms with E-state index in [4.69, 9.17) is 0 Å². The summed E-state index contributed by atoms with van der Waals surface area (Å²) in [6.07, 6.45) is -6.66. The predicted octanol–water partition coefficient (Wildman–Crippen LogP) is 7.24. The van der Waals surface area contributed by atoms with Crippen molar-refractivity contribution >= 4 is 0 Å². The Morgan fingerprint density at radius 2 is 1.21 bits per heavy atom. The van der Waals surface area contributed by atoms with Gasteiger partial charge in [0.1, 0.15) is 17.5 Å². The van der Waals surface area contributed by atoms with E-state index in [0.717, 1.165) is 23.3 Å². The maximum absolute atomic E-state index is 14.6. The fourth-order valence-corrected chi connectivity index (χ4v) is 2.94. The molecule has 146 valence electrons. The number of alkyl halides is 3. The third-order valence-corrected chi connectivity index (χ3v) is 4.46. The van der Waals surface area contributed by atoms with Crippen LogP contribution in [0.4, 0.5) is 26.3 Å². The quantitative estimate of drug-likeness (QED) is 0.409. The summed E-state index contributed by atoms with van der Waals surface area (Å²) in [5, 5.41) is 0. The standard InChI is InChI=1S/C22H16F6/c1-13-2-4-14(5-3-13)15-6-7-17(19(23)10-15)16-11-20(24)18(21(25)12-16)8-9-22(26,27)28/h2-7,10-12H,8-9H2,1H3. The zero-order valence-corrected chi connectivity index (χ0v) is 14.9. The highest BCUT2D eigenvalue weighted by Crippen LogP contribution is 2.31. The van der Waals surface area contributed by atoms with Gasteiger partial charge in [0.2, 0.25) is 0 Å². The maximum Gasteiger partial charge on any atom is 0.389 e. The molecule has 0 heterocycles. The van der Waals surface area contributed by atoms with Crippen LogP contribution < -0.4 is 0 Å². The monoisotopic (exact) mass is 394 g/mol. The van der Waals surface area contributed by atoms with Gasteiger partial charge >= 0.3 is 6.18 Å². The summed E-state index contributed by atoms with van der Waals surface area (Å²) in [6.45, 7) is 1.93. The van der Waals surface area contributed by atoms with Crippen LogP contribution in [0.15, 0.2) is 54.6 Å². The van der Waals surface area contributed by atoms with Crippen molar-refractivity contribution in [2.75, 3.05) is 0 Å². The summed E-state index contributed by atoms with van der Waals surface area (Å²) in [5.74, 6) is -2.93. The van der Waals surface area contributed by atoms with Crippen LogP contribution in [0.3, 0.4) is 0 Å². The Morgan fingerprint density at radius 1 is 0.679 bits per heavy atom. The Balaban J connectivity index is 1.92. The zero-order valence-electron chi connectivity index (χ0n) is 14.9. The average Bonchev–Trinajstić information content (AvgIpc) is 2.60. The molecule has 0 fully saturated rings. The molecule has 0 spiro atoms. The minimum Gasteiger partial charge on any atom is -0.207 e. The highest BCUT2D eigenvalue weighted by atomic mass is 19.4. The van der Waals surface area contributed by atoms with Crippen LogP contribution in [0.2, 0.25) is 0 Å². The van der Waals surface area contributed by atoms with Gasteiger partial charge in [-0.15, -0.1) is 0 Å². The summed E-state index contributed by atoms with van der Waals surface area (Å²) in [5.41, 5.74) is 1.69. The summed E-state index contributed by atoms with van der Waals surface area (Å²) in [4.78, 5) is 0. The fraction of sp³-hybridized carbons (Fsp3) is 0.182. The van der Waals surface area contributed by atoms with Crippen LogP contribution in [0.25, 0.3) is 22.3 Å². The number of halogens is 6. The van der Waals surface area contributed by atoms with Gasteiger partial charge in [0.05, 0.1) is 0 Å². The van der Waals surface area contributed by atoms with Gasteiger partial charge in [0.25, 0.3) is 0 Å². The summed E-state index contributed by atoms with van der Waals surface area (Å²) >= 11 is 0. The first-order valence-electron chi connectivity index (χ1n) is 8.56. The maximum atomic E-state index is 14.6. The Kier molecular flexibility index (Phi) is 5.49. The second-order valence-corrected chi connectivity index (χ2v) is 6.59. The molecule has 0 aromatic heterocycles. The van der Waals surface area contributed by atoms with Crippen LogP contribution in [0.5, 0.6) is 0 Å². The van der Waals surface area contributed by atoms with Crippen molar-refractivity contribution in [1.82, 2.24) is 0 Å². The van der Waals surface area contributed by atoms with E-state index >= 15 is 0 Å². The van der Waals surface area contributed by atoms with Crippen molar-refractivity contribution in [1.29, 1.82) is 0 Å². The van der Waals surface area contributed by atoms with E-state index in [9.17, 15) is 26.3 Å². The molecule has 6 heteroatoms. The first-order valence-corrected chi connectivity index (χ1v) is 8.56. The van der Waals surface area contributed by atoms with Crippen LogP contribution in [-0.4, -0.2) is 6.18 Å². The smallest absolute Gasteiger partial charge is 0.207 e. The normalized spacial score (nSPS) is 11.7. The number of rotatable bonds is 4. The molecule has 3 aromatic carbocycles. The molecule has 0 amide bonds. The van der Waals surface area contributed by atoms with Crippen LogP contribution in [0, 0.1) is 24.4 Å². The fourth-order valence-electron chi connectivity index (χ4n) is 2.94. The van der Waals surface area contributed by atoms with Crippen molar-refractivity contribution in [3.63, 3.8) is 0 Å². The minimum absolute atomic E-state index is 0.0315. The minimum atomic E-state index is -4.52. The van der Waals surface area contributed by atoms with Gasteiger partial charge in [-0.2, -0.15) is 13.2 Å². The van der Waals surface area contributed by atoms with Crippen molar-refractivity contribution in [3.8, 4) is 22.3 Å².